The van der Waals surface area contributed by atoms with Gasteiger partial charge in [-0.15, -0.1) is 6.42 Å². The number of aromatic amines is 1. The number of hydrogen-bond donors (Lipinski definition) is 1. The Morgan fingerprint density at radius 2 is 2.70 bits per heavy atom. The first-order valence-corrected chi connectivity index (χ1v) is 4.65. The number of thioether (sulfide) groups is 1. The molecule has 0 aromatic carbocycles. The highest BCUT2D eigenvalue weighted by Crippen LogP contribution is 2.17. The minimum absolute atomic E-state index is 0.626. The van der Waals surface area contributed by atoms with Gasteiger partial charge >= 0.3 is 0 Å². The first-order valence-electron chi connectivity index (χ1n) is 2.44. The number of aromatic nitrogens is 2. The van der Waals surface area contributed by atoms with Crippen molar-refractivity contribution in [1.29, 1.82) is 0 Å². The zero-order valence-corrected chi connectivity index (χ0v) is 7.41. The van der Waals surface area contributed by atoms with Crippen LogP contribution in [0.4, 0.5) is 0 Å². The number of H-pyrrole nitrogens is 1. The Kier molecular flexibility index (Phi) is 2.93. The normalized spacial score (nSPS) is 9.10. The Labute approximate surface area is 72.2 Å². The van der Waals surface area contributed by atoms with Gasteiger partial charge in [-0.05, 0) is 11.5 Å². The van der Waals surface area contributed by atoms with Crippen LogP contribution in [-0.4, -0.2) is 15.3 Å². The lowest BCUT2D eigenvalue weighted by molar-refractivity contribution is 1.03. The lowest BCUT2D eigenvalue weighted by Gasteiger charge is -1.84. The zero-order valence-electron chi connectivity index (χ0n) is 4.96. The highest BCUT2D eigenvalue weighted by atomic mass is 32.2. The largest absolute Gasteiger partial charge is 0.230 e. The Hall–Kier alpha value is -0.310. The molecule has 0 aliphatic rings. The van der Waals surface area contributed by atoms with Crippen LogP contribution in [0.2, 0.25) is 0 Å². The van der Waals surface area contributed by atoms with Crippen molar-refractivity contribution in [2.75, 3.05) is 5.75 Å². The molecule has 0 aliphatic heterocycles. The van der Waals surface area contributed by atoms with E-state index in [1.807, 2.05) is 0 Å². The summed E-state index contributed by atoms with van der Waals surface area (Å²) < 4.78 is 3.48. The summed E-state index contributed by atoms with van der Waals surface area (Å²) in [5.41, 5.74) is 0. The van der Waals surface area contributed by atoms with Crippen molar-refractivity contribution >= 4 is 35.5 Å². The molecule has 0 radical (unpaired) electrons. The predicted octanol–water partition coefficient (Wildman–Crippen LogP) is 1.93. The van der Waals surface area contributed by atoms with Crippen LogP contribution in [0.3, 0.4) is 0 Å². The quantitative estimate of drug-likeness (QED) is 0.437. The Balaban J connectivity index is 2.68. The number of rotatable bonds is 2. The molecule has 1 aromatic rings. The summed E-state index contributed by atoms with van der Waals surface area (Å²) in [6.07, 6.45) is 5.06. The number of hydrogen-bond acceptors (Lipinski definition) is 4. The van der Waals surface area contributed by atoms with E-state index in [9.17, 15) is 0 Å². The third kappa shape index (κ3) is 1.84. The molecule has 1 rings (SSSR count). The van der Waals surface area contributed by atoms with Gasteiger partial charge in [-0.2, -0.15) is 5.10 Å². The third-order valence-electron chi connectivity index (χ3n) is 0.752. The molecular weight excluding hydrogens is 184 g/mol. The molecule has 0 aliphatic carbocycles. The Bertz CT molecular complexity index is 292. The molecule has 0 atom stereocenters. The second-order valence-corrected chi connectivity index (χ2v) is 3.82. The molecule has 0 spiro atoms. The molecule has 10 heavy (non-hydrogen) atoms. The monoisotopic (exact) mass is 188 g/mol. The second-order valence-electron chi connectivity index (χ2n) is 1.39. The van der Waals surface area contributed by atoms with Crippen LogP contribution in [0.5, 0.6) is 0 Å². The minimum atomic E-state index is 0.626. The van der Waals surface area contributed by atoms with Crippen molar-refractivity contribution in [1.82, 2.24) is 9.59 Å². The Morgan fingerprint density at radius 1 is 1.90 bits per heavy atom. The van der Waals surface area contributed by atoms with E-state index >= 15 is 0 Å². The van der Waals surface area contributed by atoms with Crippen molar-refractivity contribution in [3.05, 3.63) is 3.82 Å². The maximum Gasteiger partial charge on any atom is 0.148 e. The van der Waals surface area contributed by atoms with Gasteiger partial charge in [0.2, 0.25) is 0 Å². The van der Waals surface area contributed by atoms with E-state index in [1.54, 1.807) is 0 Å². The van der Waals surface area contributed by atoms with Gasteiger partial charge in [-0.1, -0.05) is 29.9 Å². The molecule has 52 valence electrons. The van der Waals surface area contributed by atoms with Crippen LogP contribution in [-0.2, 0) is 0 Å². The maximum atomic E-state index is 5.06. The van der Waals surface area contributed by atoms with E-state index < -0.39 is 0 Å². The third-order valence-corrected chi connectivity index (χ3v) is 2.90. The minimum Gasteiger partial charge on any atom is -0.230 e. The standard InChI is InChI=1S/C5H4N2S3/c1-2-3-9-4-5(8)10-7-6-4/h1,7H,3H2. The van der Waals surface area contributed by atoms with Crippen LogP contribution in [0.15, 0.2) is 5.03 Å². The van der Waals surface area contributed by atoms with E-state index in [0.717, 1.165) is 8.85 Å². The molecule has 1 N–H and O–H groups in total. The van der Waals surface area contributed by atoms with E-state index in [2.05, 4.69) is 15.5 Å². The molecule has 1 heterocycles. The lowest BCUT2D eigenvalue weighted by atomic mass is 10.8. The summed E-state index contributed by atoms with van der Waals surface area (Å²) >= 11 is 7.76. The maximum absolute atomic E-state index is 5.06. The first-order chi connectivity index (χ1) is 4.84. The van der Waals surface area contributed by atoms with Crippen molar-refractivity contribution in [2.24, 2.45) is 0 Å². The number of terminal acetylenes is 1. The smallest absolute Gasteiger partial charge is 0.148 e. The summed E-state index contributed by atoms with van der Waals surface area (Å²) in [5, 5.41) is 4.74. The highest BCUT2D eigenvalue weighted by Gasteiger charge is 1.96. The molecule has 0 bridgehead atoms. The highest BCUT2D eigenvalue weighted by molar-refractivity contribution is 7.99. The van der Waals surface area contributed by atoms with Gasteiger partial charge < -0.3 is 0 Å². The van der Waals surface area contributed by atoms with Gasteiger partial charge in [0.1, 0.15) is 8.85 Å². The number of nitrogens with zero attached hydrogens (tertiary/aromatic N) is 1. The molecule has 0 amide bonds. The predicted molar refractivity (Wildman–Crippen MR) is 46.9 cm³/mol. The van der Waals surface area contributed by atoms with Crippen molar-refractivity contribution in [3.8, 4) is 12.3 Å². The molecule has 1 aromatic heterocycles. The van der Waals surface area contributed by atoms with Gasteiger partial charge in [0.15, 0.2) is 0 Å². The van der Waals surface area contributed by atoms with Crippen LogP contribution in [0.1, 0.15) is 0 Å². The first kappa shape index (κ1) is 7.79. The van der Waals surface area contributed by atoms with E-state index in [1.165, 1.54) is 23.3 Å². The summed E-state index contributed by atoms with van der Waals surface area (Å²) in [6, 6.07) is 0. The topological polar surface area (TPSA) is 28.7 Å². The van der Waals surface area contributed by atoms with Gasteiger partial charge in [-0.25, -0.2) is 4.49 Å². The van der Waals surface area contributed by atoms with Crippen molar-refractivity contribution in [2.45, 2.75) is 5.03 Å². The van der Waals surface area contributed by atoms with Gasteiger partial charge in [0.05, 0.1) is 5.75 Å². The van der Waals surface area contributed by atoms with Crippen LogP contribution < -0.4 is 0 Å². The number of nitrogens with one attached hydrogen (secondary N) is 1. The fourth-order valence-corrected chi connectivity index (χ4v) is 1.89. The molecule has 5 heteroatoms. The summed E-state index contributed by atoms with van der Waals surface area (Å²) in [7, 11) is 0. The average Bonchev–Trinajstić information content (AvgIpc) is 2.31. The SMILES string of the molecule is C#CCSc1n[nH]sc1=S. The zero-order chi connectivity index (χ0) is 7.40. The van der Waals surface area contributed by atoms with Gasteiger partial charge in [0, 0.05) is 0 Å². The average molecular weight is 188 g/mol. The van der Waals surface area contributed by atoms with Gasteiger partial charge in [-0.3, -0.25) is 0 Å². The Morgan fingerprint density at radius 3 is 3.20 bits per heavy atom. The summed E-state index contributed by atoms with van der Waals surface area (Å²) in [4.78, 5) is 0. The van der Waals surface area contributed by atoms with Crippen molar-refractivity contribution in [3.63, 3.8) is 0 Å². The fraction of sp³-hybridized carbons (Fsp3) is 0.200. The van der Waals surface area contributed by atoms with Crippen LogP contribution in [0.25, 0.3) is 0 Å². The summed E-state index contributed by atoms with van der Waals surface area (Å²) in [5.74, 6) is 3.13. The van der Waals surface area contributed by atoms with Crippen LogP contribution in [0, 0.1) is 16.2 Å². The molecule has 2 nitrogen and oxygen atoms in total. The molecular formula is C5H4N2S3. The van der Waals surface area contributed by atoms with Crippen molar-refractivity contribution < 1.29 is 0 Å². The van der Waals surface area contributed by atoms with E-state index in [4.69, 9.17) is 18.6 Å². The molecule has 0 fully saturated rings. The molecule has 0 saturated carbocycles. The second kappa shape index (κ2) is 3.76. The van der Waals surface area contributed by atoms with Crippen LogP contribution >= 0.6 is 35.5 Å². The molecule has 0 unspecified atom stereocenters. The summed E-state index contributed by atoms with van der Waals surface area (Å²) in [6.45, 7) is 0. The van der Waals surface area contributed by atoms with Gasteiger partial charge in [0.25, 0.3) is 0 Å². The molecule has 0 saturated heterocycles. The fourth-order valence-electron chi connectivity index (χ4n) is 0.396. The van der Waals surface area contributed by atoms with E-state index in [0.29, 0.717) is 5.75 Å². The van der Waals surface area contributed by atoms with E-state index in [-0.39, 0.29) is 0 Å². The lowest BCUT2D eigenvalue weighted by Crippen LogP contribution is -1.73.